The molecule has 258 valence electrons. The van der Waals surface area contributed by atoms with Crippen LogP contribution in [0, 0.1) is 12.3 Å². The van der Waals surface area contributed by atoms with Crippen LogP contribution in [-0.4, -0.2) is 105 Å². The minimum Gasteiger partial charge on any atom is -0.394 e. The first-order valence-electron chi connectivity index (χ1n) is 16.9. The number of nitrogens with one attached hydrogen (secondary N) is 2. The monoisotopic (exact) mass is 669 g/mol. The van der Waals surface area contributed by atoms with Gasteiger partial charge in [0.1, 0.15) is 12.1 Å². The first kappa shape index (κ1) is 35.4. The number of thiazole rings is 1. The van der Waals surface area contributed by atoms with Gasteiger partial charge in [-0.1, -0.05) is 45.0 Å². The molecule has 3 aliphatic heterocycles. The molecule has 0 aliphatic carbocycles. The SMILES string of the molecule is Cc1ncsc1-c1ccc([C@H](C)NC(=O)[C@@H]2C[C@@H](O)CN2C(=O)[C@@H](NC(=O)CCOC[C@H]2CC[C@@]3(CO)CCCN23)C(C)(C)C)cc1. The predicted molar refractivity (Wildman–Crippen MR) is 181 cm³/mol. The molecule has 0 radical (unpaired) electrons. The Morgan fingerprint density at radius 2 is 1.91 bits per heavy atom. The van der Waals surface area contributed by atoms with Gasteiger partial charge in [0.2, 0.25) is 17.7 Å². The fourth-order valence-electron chi connectivity index (χ4n) is 7.44. The first-order chi connectivity index (χ1) is 22.3. The molecule has 4 heterocycles. The van der Waals surface area contributed by atoms with Gasteiger partial charge in [-0.3, -0.25) is 19.3 Å². The van der Waals surface area contributed by atoms with Gasteiger partial charge in [-0.2, -0.15) is 0 Å². The Morgan fingerprint density at radius 1 is 1.17 bits per heavy atom. The number of ether oxygens (including phenoxy) is 1. The maximum Gasteiger partial charge on any atom is 0.246 e. The summed E-state index contributed by atoms with van der Waals surface area (Å²) in [4.78, 5) is 49.8. The van der Waals surface area contributed by atoms with E-state index in [0.29, 0.717) is 6.61 Å². The third-order valence-corrected chi connectivity index (χ3v) is 11.1. The average Bonchev–Trinajstić information content (AvgIpc) is 3.81. The second-order valence-corrected chi connectivity index (χ2v) is 15.4. The molecule has 5 rings (SSSR count). The van der Waals surface area contributed by atoms with E-state index < -0.39 is 23.6 Å². The minimum absolute atomic E-state index is 0.0208. The van der Waals surface area contributed by atoms with Crippen molar-refractivity contribution in [3.63, 3.8) is 0 Å². The number of aliphatic hydroxyl groups is 2. The molecular formula is C35H51N5O6S. The number of aromatic nitrogens is 1. The molecule has 2 aromatic rings. The topological polar surface area (TPSA) is 144 Å². The van der Waals surface area contributed by atoms with Crippen LogP contribution in [0.2, 0.25) is 0 Å². The Bertz CT molecular complexity index is 1410. The number of likely N-dealkylation sites (tertiary alicyclic amines) is 1. The Balaban J connectivity index is 1.15. The van der Waals surface area contributed by atoms with Crippen LogP contribution in [0.3, 0.4) is 0 Å². The minimum atomic E-state index is -0.889. The van der Waals surface area contributed by atoms with E-state index in [9.17, 15) is 24.6 Å². The van der Waals surface area contributed by atoms with E-state index in [2.05, 4.69) is 20.5 Å². The molecule has 47 heavy (non-hydrogen) atoms. The average molecular weight is 670 g/mol. The summed E-state index contributed by atoms with van der Waals surface area (Å²) < 4.78 is 5.91. The summed E-state index contributed by atoms with van der Waals surface area (Å²) in [6.45, 7) is 11.4. The Morgan fingerprint density at radius 3 is 2.57 bits per heavy atom. The highest BCUT2D eigenvalue weighted by Crippen LogP contribution is 2.42. The van der Waals surface area contributed by atoms with Crippen molar-refractivity contribution in [2.75, 3.05) is 32.9 Å². The molecule has 1 aromatic carbocycles. The van der Waals surface area contributed by atoms with Crippen LogP contribution in [0.4, 0.5) is 0 Å². The number of fused-ring (bicyclic) bond motifs is 1. The Kier molecular flexibility index (Phi) is 11.1. The molecule has 1 aromatic heterocycles. The summed E-state index contributed by atoms with van der Waals surface area (Å²) in [5.74, 6) is -1.03. The largest absolute Gasteiger partial charge is 0.394 e. The lowest BCUT2D eigenvalue weighted by molar-refractivity contribution is -0.144. The molecule has 12 heteroatoms. The lowest BCUT2D eigenvalue weighted by atomic mass is 9.85. The molecule has 4 N–H and O–H groups in total. The number of rotatable bonds is 12. The van der Waals surface area contributed by atoms with E-state index in [0.717, 1.165) is 53.9 Å². The van der Waals surface area contributed by atoms with Crippen LogP contribution < -0.4 is 10.6 Å². The van der Waals surface area contributed by atoms with E-state index in [1.807, 2.05) is 64.4 Å². The van der Waals surface area contributed by atoms with Crippen LogP contribution in [0.5, 0.6) is 0 Å². The molecule has 3 saturated heterocycles. The zero-order chi connectivity index (χ0) is 33.9. The lowest BCUT2D eigenvalue weighted by Crippen LogP contribution is -2.58. The van der Waals surface area contributed by atoms with Gasteiger partial charge in [0.15, 0.2) is 0 Å². The summed E-state index contributed by atoms with van der Waals surface area (Å²) in [6, 6.07) is 6.16. The second-order valence-electron chi connectivity index (χ2n) is 14.6. The molecular weight excluding hydrogens is 618 g/mol. The maximum absolute atomic E-state index is 13.9. The number of hydrogen-bond acceptors (Lipinski definition) is 9. The second kappa shape index (κ2) is 14.7. The van der Waals surface area contributed by atoms with Gasteiger partial charge in [0.25, 0.3) is 0 Å². The molecule has 0 saturated carbocycles. The van der Waals surface area contributed by atoms with Gasteiger partial charge in [0, 0.05) is 31.0 Å². The van der Waals surface area contributed by atoms with Crippen LogP contribution in [-0.2, 0) is 19.1 Å². The molecule has 0 bridgehead atoms. The number of carbonyl (C=O) groups is 3. The van der Waals surface area contributed by atoms with Gasteiger partial charge >= 0.3 is 0 Å². The van der Waals surface area contributed by atoms with Crippen molar-refractivity contribution in [3.05, 3.63) is 41.0 Å². The quantitative estimate of drug-likeness (QED) is 0.253. The maximum atomic E-state index is 13.9. The number of amides is 3. The smallest absolute Gasteiger partial charge is 0.246 e. The van der Waals surface area contributed by atoms with E-state index in [1.165, 1.54) is 4.90 Å². The molecule has 3 aliphatic rings. The molecule has 3 amide bonds. The number of aliphatic hydroxyl groups excluding tert-OH is 2. The van der Waals surface area contributed by atoms with Gasteiger partial charge in [-0.25, -0.2) is 4.98 Å². The van der Waals surface area contributed by atoms with Crippen molar-refractivity contribution in [1.82, 2.24) is 25.4 Å². The fraction of sp³-hybridized carbons (Fsp3) is 0.657. The molecule has 6 atom stereocenters. The van der Waals surface area contributed by atoms with E-state index in [4.69, 9.17) is 4.74 Å². The van der Waals surface area contributed by atoms with Crippen molar-refractivity contribution in [2.24, 2.45) is 5.41 Å². The van der Waals surface area contributed by atoms with Gasteiger partial charge in [-0.05, 0) is 62.6 Å². The van der Waals surface area contributed by atoms with Gasteiger partial charge < -0.3 is 30.5 Å². The number of hydrogen-bond donors (Lipinski definition) is 4. The third kappa shape index (κ3) is 7.88. The van der Waals surface area contributed by atoms with Gasteiger partial charge in [0.05, 0.1) is 48.0 Å². The van der Waals surface area contributed by atoms with Crippen LogP contribution in [0.25, 0.3) is 10.4 Å². The summed E-state index contributed by atoms with van der Waals surface area (Å²) >= 11 is 1.58. The number of aryl methyl sites for hydroxylation is 1. The highest BCUT2D eigenvalue weighted by molar-refractivity contribution is 7.13. The van der Waals surface area contributed by atoms with Crippen molar-refractivity contribution < 1.29 is 29.3 Å². The van der Waals surface area contributed by atoms with Crippen molar-refractivity contribution in [1.29, 1.82) is 0 Å². The summed E-state index contributed by atoms with van der Waals surface area (Å²) in [7, 11) is 0. The highest BCUT2D eigenvalue weighted by atomic mass is 32.1. The normalized spacial score (nSPS) is 25.9. The molecule has 0 unspecified atom stereocenters. The number of β-amino-alcohol motifs (C(OH)–C–C–N with tert-alkyl or cyclic N) is 1. The standard InChI is InChI=1S/C35H51N5O6S/c1-22(24-7-9-25(10-8-24)30-23(2)36-21-47-30)37-32(44)28-17-27(42)18-39(28)33(45)31(34(3,4)5)38-29(43)12-16-46-19-26-11-14-35(20-41)13-6-15-40(26)35/h7-10,21-22,26-28,31,41-42H,6,11-20H2,1-5H3,(H,37,44)(H,38,43)/t22-,26+,27+,28-,31+,35+/m0/s1. The number of benzene rings is 1. The van der Waals surface area contributed by atoms with Crippen LogP contribution in [0.15, 0.2) is 29.8 Å². The molecule has 0 spiro atoms. The van der Waals surface area contributed by atoms with Crippen LogP contribution in [0.1, 0.15) is 83.5 Å². The van der Waals surface area contributed by atoms with Crippen molar-refractivity contribution >= 4 is 29.1 Å². The third-order valence-electron chi connectivity index (χ3n) is 10.2. The first-order valence-corrected chi connectivity index (χ1v) is 17.7. The summed E-state index contributed by atoms with van der Waals surface area (Å²) in [6.07, 6.45) is 3.43. The zero-order valence-corrected chi connectivity index (χ0v) is 29.1. The number of carbonyl (C=O) groups excluding carboxylic acids is 3. The summed E-state index contributed by atoms with van der Waals surface area (Å²) in [5, 5.41) is 26.4. The van der Waals surface area contributed by atoms with Crippen molar-refractivity contribution in [3.8, 4) is 10.4 Å². The van der Waals surface area contributed by atoms with E-state index in [-0.39, 0.29) is 67.9 Å². The predicted octanol–water partition coefficient (Wildman–Crippen LogP) is 3.18. The van der Waals surface area contributed by atoms with Crippen LogP contribution >= 0.6 is 11.3 Å². The summed E-state index contributed by atoms with van der Waals surface area (Å²) in [5.41, 5.74) is 4.04. The van der Waals surface area contributed by atoms with E-state index >= 15 is 0 Å². The van der Waals surface area contributed by atoms with E-state index in [1.54, 1.807) is 11.3 Å². The molecule has 11 nitrogen and oxygen atoms in total. The highest BCUT2D eigenvalue weighted by Gasteiger charge is 2.49. The zero-order valence-electron chi connectivity index (χ0n) is 28.3. The number of nitrogens with zero attached hydrogens (tertiary/aromatic N) is 3. The Labute approximate surface area is 282 Å². The molecule has 3 fully saturated rings. The fourth-order valence-corrected chi connectivity index (χ4v) is 8.26. The van der Waals surface area contributed by atoms with Crippen molar-refractivity contribution in [2.45, 2.75) is 109 Å². The lowest BCUT2D eigenvalue weighted by Gasteiger charge is -2.35. The Hall–Kier alpha value is -2.90. The van der Waals surface area contributed by atoms with Gasteiger partial charge in [-0.15, -0.1) is 11.3 Å².